The number of nitrogens with one attached hydrogen (secondary N) is 2. The Bertz CT molecular complexity index is 1090. The first-order valence-corrected chi connectivity index (χ1v) is 12.4. The molecule has 2 saturated heterocycles. The first kappa shape index (κ1) is 28.8. The van der Waals surface area contributed by atoms with E-state index in [1.807, 2.05) is 0 Å². The van der Waals surface area contributed by atoms with E-state index in [1.54, 1.807) is 6.07 Å². The van der Waals surface area contributed by atoms with Gasteiger partial charge in [-0.25, -0.2) is 19.0 Å². The van der Waals surface area contributed by atoms with E-state index in [9.17, 15) is 33.5 Å². The van der Waals surface area contributed by atoms with E-state index in [2.05, 4.69) is 10.7 Å². The van der Waals surface area contributed by atoms with Crippen molar-refractivity contribution in [1.82, 2.24) is 20.7 Å². The number of benzene rings is 1. The number of hydrazine groups is 1. The zero-order valence-electron chi connectivity index (χ0n) is 21.6. The fourth-order valence-electron chi connectivity index (χ4n) is 5.10. The molecule has 0 aromatic heterocycles. The highest BCUT2D eigenvalue weighted by Crippen LogP contribution is 2.33. The molecule has 2 heterocycles. The average Bonchev–Trinajstić information content (AvgIpc) is 3.50. The normalized spacial score (nSPS) is 22.8. The highest BCUT2D eigenvalue weighted by atomic mass is 19.1. The van der Waals surface area contributed by atoms with Crippen LogP contribution in [0.1, 0.15) is 45.1 Å². The molecule has 12 nitrogen and oxygen atoms in total. The number of hydrogen-bond donors (Lipinski definition) is 3. The van der Waals surface area contributed by atoms with Crippen LogP contribution in [0.2, 0.25) is 0 Å². The molecule has 208 valence electrons. The van der Waals surface area contributed by atoms with Gasteiger partial charge in [-0.15, -0.1) is 0 Å². The molecule has 3 rings (SSSR count). The smallest absolute Gasteiger partial charge is 0.407 e. The van der Waals surface area contributed by atoms with Crippen molar-refractivity contribution in [2.24, 2.45) is 0 Å². The van der Waals surface area contributed by atoms with E-state index in [0.29, 0.717) is 24.8 Å². The third kappa shape index (κ3) is 6.39. The SMILES string of the molecule is COC(=O)[C@@H](NC(=O)C1(Cc2cccc(F)c2)CCCN1NC(=O)C1CCCN1C(=O)O)[C@@H](C)OC(C)=O. The van der Waals surface area contributed by atoms with Crippen LogP contribution in [-0.4, -0.2) is 88.8 Å². The lowest BCUT2D eigenvalue weighted by Gasteiger charge is -2.39. The molecule has 2 aliphatic heterocycles. The Morgan fingerprint density at radius 2 is 1.95 bits per heavy atom. The van der Waals surface area contributed by atoms with Gasteiger partial charge < -0.3 is 19.9 Å². The molecule has 2 unspecified atom stereocenters. The Labute approximate surface area is 219 Å². The van der Waals surface area contributed by atoms with Crippen LogP contribution in [0.4, 0.5) is 9.18 Å². The van der Waals surface area contributed by atoms with Gasteiger partial charge in [0.15, 0.2) is 6.04 Å². The highest BCUT2D eigenvalue weighted by Gasteiger charge is 2.51. The van der Waals surface area contributed by atoms with Crippen LogP contribution in [-0.2, 0) is 35.1 Å². The van der Waals surface area contributed by atoms with E-state index in [4.69, 9.17) is 9.47 Å². The molecule has 2 aliphatic rings. The lowest BCUT2D eigenvalue weighted by atomic mass is 9.87. The minimum absolute atomic E-state index is 0.0278. The second-order valence-electron chi connectivity index (χ2n) is 9.49. The molecule has 0 bridgehead atoms. The molecule has 2 fully saturated rings. The van der Waals surface area contributed by atoms with Crippen molar-refractivity contribution in [3.8, 4) is 0 Å². The van der Waals surface area contributed by atoms with Gasteiger partial charge in [0.05, 0.1) is 7.11 Å². The number of esters is 2. The van der Waals surface area contributed by atoms with Crippen LogP contribution in [0, 0.1) is 5.82 Å². The van der Waals surface area contributed by atoms with Crippen LogP contribution < -0.4 is 10.7 Å². The van der Waals surface area contributed by atoms with E-state index >= 15 is 0 Å². The van der Waals surface area contributed by atoms with Gasteiger partial charge in [-0.2, -0.15) is 0 Å². The van der Waals surface area contributed by atoms with Crippen molar-refractivity contribution in [3.63, 3.8) is 0 Å². The summed E-state index contributed by atoms with van der Waals surface area (Å²) in [6, 6.07) is 3.40. The van der Waals surface area contributed by atoms with Crippen LogP contribution in [0.25, 0.3) is 0 Å². The molecular weight excluding hydrogens is 503 g/mol. The fraction of sp³-hybridized carbons (Fsp3) is 0.560. The summed E-state index contributed by atoms with van der Waals surface area (Å²) in [5, 5.41) is 13.5. The molecule has 38 heavy (non-hydrogen) atoms. The number of halogens is 1. The summed E-state index contributed by atoms with van der Waals surface area (Å²) >= 11 is 0. The third-order valence-corrected chi connectivity index (χ3v) is 6.91. The van der Waals surface area contributed by atoms with Gasteiger partial charge in [0.1, 0.15) is 23.5 Å². The van der Waals surface area contributed by atoms with E-state index in [1.165, 1.54) is 30.1 Å². The molecule has 0 saturated carbocycles. The number of carbonyl (C=O) groups excluding carboxylic acids is 4. The Morgan fingerprint density at radius 3 is 2.58 bits per heavy atom. The van der Waals surface area contributed by atoms with Crippen molar-refractivity contribution in [1.29, 1.82) is 0 Å². The van der Waals surface area contributed by atoms with Crippen molar-refractivity contribution >= 4 is 29.8 Å². The van der Waals surface area contributed by atoms with Crippen molar-refractivity contribution in [2.45, 2.75) is 69.7 Å². The molecule has 3 N–H and O–H groups in total. The number of amides is 3. The predicted molar refractivity (Wildman–Crippen MR) is 130 cm³/mol. The standard InChI is InChI=1S/C25H33FN4O8/c1-15(38-16(2)31)20(22(33)37-3)27-23(34)25(14-17-7-4-8-18(26)13-17)10-6-12-30(25)28-21(32)19-9-5-11-29(19)24(35)36/h4,7-8,13,15,19-20H,5-6,9-12,14H2,1-3H3,(H,27,34)(H,28,32)(H,35,36)/t15-,19?,20+,25?/m1/s1. The maximum absolute atomic E-state index is 14.0. The topological polar surface area (TPSA) is 155 Å². The zero-order valence-corrected chi connectivity index (χ0v) is 21.6. The second kappa shape index (κ2) is 12.2. The highest BCUT2D eigenvalue weighted by molar-refractivity contribution is 5.92. The van der Waals surface area contributed by atoms with E-state index in [-0.39, 0.29) is 25.9 Å². The Morgan fingerprint density at radius 1 is 1.21 bits per heavy atom. The molecule has 13 heteroatoms. The quantitative estimate of drug-likeness (QED) is 0.392. The number of methoxy groups -OCH3 is 1. The van der Waals surface area contributed by atoms with Gasteiger partial charge in [-0.3, -0.25) is 24.7 Å². The van der Waals surface area contributed by atoms with E-state index in [0.717, 1.165) is 18.9 Å². The Balaban J connectivity index is 1.93. The number of hydrogen-bond acceptors (Lipinski definition) is 8. The van der Waals surface area contributed by atoms with Crippen molar-refractivity contribution in [2.75, 3.05) is 20.2 Å². The lowest BCUT2D eigenvalue weighted by molar-refractivity contribution is -0.158. The number of likely N-dealkylation sites (tertiary alicyclic amines) is 1. The third-order valence-electron chi connectivity index (χ3n) is 6.91. The molecule has 0 spiro atoms. The summed E-state index contributed by atoms with van der Waals surface area (Å²) in [6.45, 7) is 3.06. The van der Waals surface area contributed by atoms with Crippen LogP contribution in [0.15, 0.2) is 24.3 Å². The van der Waals surface area contributed by atoms with Gasteiger partial charge in [-0.1, -0.05) is 12.1 Å². The number of ether oxygens (including phenoxy) is 2. The number of carboxylic acid groups (broad SMARTS) is 1. The molecule has 1 aromatic rings. The zero-order chi connectivity index (χ0) is 28.0. The Kier molecular flexibility index (Phi) is 9.26. The largest absolute Gasteiger partial charge is 0.467 e. The van der Waals surface area contributed by atoms with Gasteiger partial charge in [0.2, 0.25) is 5.91 Å². The summed E-state index contributed by atoms with van der Waals surface area (Å²) in [4.78, 5) is 63.7. The fourth-order valence-corrected chi connectivity index (χ4v) is 5.10. The lowest BCUT2D eigenvalue weighted by Crippen LogP contribution is -2.66. The van der Waals surface area contributed by atoms with Gasteiger partial charge >= 0.3 is 18.0 Å². The van der Waals surface area contributed by atoms with Crippen LogP contribution in [0.3, 0.4) is 0 Å². The van der Waals surface area contributed by atoms with E-state index < -0.39 is 59.4 Å². The molecule has 1 aromatic carbocycles. The summed E-state index contributed by atoms with van der Waals surface area (Å²) in [5.41, 5.74) is 1.73. The maximum Gasteiger partial charge on any atom is 0.407 e. The first-order chi connectivity index (χ1) is 18.0. The summed E-state index contributed by atoms with van der Waals surface area (Å²) < 4.78 is 23.9. The average molecular weight is 537 g/mol. The summed E-state index contributed by atoms with van der Waals surface area (Å²) in [7, 11) is 1.13. The molecular formula is C25H33FN4O8. The number of rotatable bonds is 9. The molecule has 3 amide bonds. The summed E-state index contributed by atoms with van der Waals surface area (Å²) in [6.07, 6.45) is -0.749. The van der Waals surface area contributed by atoms with Crippen molar-refractivity contribution in [3.05, 3.63) is 35.6 Å². The minimum atomic E-state index is -1.46. The van der Waals surface area contributed by atoms with Gasteiger partial charge in [0.25, 0.3) is 5.91 Å². The first-order valence-electron chi connectivity index (χ1n) is 12.4. The molecule has 0 aliphatic carbocycles. The van der Waals surface area contributed by atoms with Gasteiger partial charge in [-0.05, 0) is 50.3 Å². The van der Waals surface area contributed by atoms with Crippen LogP contribution >= 0.6 is 0 Å². The van der Waals surface area contributed by atoms with Crippen molar-refractivity contribution < 1.29 is 42.9 Å². The predicted octanol–water partition coefficient (Wildman–Crippen LogP) is 0.986. The minimum Gasteiger partial charge on any atom is -0.467 e. The van der Waals surface area contributed by atoms with Crippen LogP contribution in [0.5, 0.6) is 0 Å². The summed E-state index contributed by atoms with van der Waals surface area (Å²) in [5.74, 6) is -3.27. The monoisotopic (exact) mass is 536 g/mol. The molecule has 0 radical (unpaired) electrons. The number of carbonyl (C=O) groups is 5. The van der Waals surface area contributed by atoms with Gasteiger partial charge in [0, 0.05) is 26.4 Å². The maximum atomic E-state index is 14.0. The number of nitrogens with zero attached hydrogens (tertiary/aromatic N) is 2. The second-order valence-corrected chi connectivity index (χ2v) is 9.49. The Hall–Kier alpha value is -3.74. The molecule has 4 atom stereocenters.